The van der Waals surface area contributed by atoms with Crippen LogP contribution in [0.25, 0.3) is 0 Å². The minimum absolute atomic E-state index is 0.0417. The standard InChI is InChI=1S/C26H34Cl2N8O3/c1-3-4-20-15-35(24-22(28)30-21(23(29)31-24)25(38)33-32-16(2)37)13-14-36(20)19-9-11-34(12-10-19)26(39)17-5-7-18(27)8-6-17/h5-8,19-20H,3-4,9-15H2,1-2H3,(H2,29,31)(H,32,37)(H,33,38)/t20-/m0/s1. The number of likely N-dealkylation sites (tertiary alicyclic amines) is 1. The number of carbonyl (C=O) groups is 3. The zero-order chi connectivity index (χ0) is 28.1. The van der Waals surface area contributed by atoms with Gasteiger partial charge in [-0.15, -0.1) is 0 Å². The number of hydrogen-bond donors (Lipinski definition) is 3. The molecule has 4 N–H and O–H groups in total. The molecule has 0 spiro atoms. The maximum Gasteiger partial charge on any atom is 0.292 e. The Morgan fingerprint density at radius 3 is 2.36 bits per heavy atom. The van der Waals surface area contributed by atoms with Crippen LogP contribution in [-0.2, 0) is 4.79 Å². The Labute approximate surface area is 238 Å². The topological polar surface area (TPSA) is 137 Å². The van der Waals surface area contributed by atoms with Crippen molar-refractivity contribution in [2.45, 2.75) is 51.6 Å². The summed E-state index contributed by atoms with van der Waals surface area (Å²) >= 11 is 12.4. The van der Waals surface area contributed by atoms with E-state index in [9.17, 15) is 14.4 Å². The van der Waals surface area contributed by atoms with Crippen LogP contribution in [0.5, 0.6) is 0 Å². The van der Waals surface area contributed by atoms with Crippen LogP contribution in [0.3, 0.4) is 0 Å². The molecule has 13 heteroatoms. The van der Waals surface area contributed by atoms with Gasteiger partial charge in [-0.2, -0.15) is 0 Å². The monoisotopic (exact) mass is 576 g/mol. The third-order valence-corrected chi connectivity index (χ3v) is 7.70. The number of rotatable bonds is 6. The Kier molecular flexibility index (Phi) is 9.47. The highest BCUT2D eigenvalue weighted by molar-refractivity contribution is 6.32. The molecule has 2 aliphatic rings. The molecule has 1 atom stereocenters. The van der Waals surface area contributed by atoms with E-state index >= 15 is 0 Å². The number of anilines is 2. The van der Waals surface area contributed by atoms with Crippen molar-refractivity contribution < 1.29 is 14.4 Å². The number of amides is 3. The summed E-state index contributed by atoms with van der Waals surface area (Å²) in [4.78, 5) is 51.5. The van der Waals surface area contributed by atoms with E-state index in [-0.39, 0.29) is 28.6 Å². The van der Waals surface area contributed by atoms with Gasteiger partial charge in [0.1, 0.15) is 0 Å². The number of piperazine rings is 1. The minimum Gasteiger partial charge on any atom is -0.382 e. The molecule has 0 radical (unpaired) electrons. The fourth-order valence-corrected chi connectivity index (χ4v) is 5.67. The first-order valence-electron chi connectivity index (χ1n) is 13.1. The third-order valence-electron chi connectivity index (χ3n) is 7.19. The number of piperidine rings is 1. The van der Waals surface area contributed by atoms with E-state index < -0.39 is 11.8 Å². The summed E-state index contributed by atoms with van der Waals surface area (Å²) in [6, 6.07) is 7.69. The number of nitrogens with two attached hydrogens (primary N) is 1. The summed E-state index contributed by atoms with van der Waals surface area (Å²) < 4.78 is 0. The molecule has 2 aromatic rings. The SMILES string of the molecule is CCC[C@H]1CN(c2nc(N)c(C(=O)NNC(C)=O)nc2Cl)CCN1C1CCN(C(=O)c2ccc(Cl)cc2)CC1. The average Bonchev–Trinajstić information content (AvgIpc) is 2.93. The van der Waals surface area contributed by atoms with E-state index in [1.807, 2.05) is 4.90 Å². The molecule has 3 amide bonds. The van der Waals surface area contributed by atoms with Crippen LogP contribution in [0.4, 0.5) is 11.6 Å². The van der Waals surface area contributed by atoms with Crippen LogP contribution in [0.1, 0.15) is 60.4 Å². The quantitative estimate of drug-likeness (QED) is 0.446. The first kappa shape index (κ1) is 28.8. The summed E-state index contributed by atoms with van der Waals surface area (Å²) in [7, 11) is 0. The Hall–Kier alpha value is -3.15. The molecule has 11 nitrogen and oxygen atoms in total. The molecule has 0 aliphatic carbocycles. The summed E-state index contributed by atoms with van der Waals surface area (Å²) in [5, 5.41) is 0.694. The molecule has 3 heterocycles. The maximum atomic E-state index is 12.9. The van der Waals surface area contributed by atoms with E-state index in [4.69, 9.17) is 28.9 Å². The average molecular weight is 578 g/mol. The number of carbonyl (C=O) groups excluding carboxylic acids is 3. The highest BCUT2D eigenvalue weighted by atomic mass is 35.5. The summed E-state index contributed by atoms with van der Waals surface area (Å²) in [5.41, 5.74) is 11.0. The second-order valence-corrected chi connectivity index (χ2v) is 10.7. The minimum atomic E-state index is -0.696. The molecule has 2 fully saturated rings. The Morgan fingerprint density at radius 1 is 1.03 bits per heavy atom. The predicted molar refractivity (Wildman–Crippen MR) is 151 cm³/mol. The molecule has 1 aromatic carbocycles. The number of aromatic nitrogens is 2. The molecular weight excluding hydrogens is 543 g/mol. The van der Waals surface area contributed by atoms with Crippen LogP contribution in [0.15, 0.2) is 24.3 Å². The normalized spacial score (nSPS) is 18.6. The Bertz CT molecular complexity index is 1200. The second kappa shape index (κ2) is 12.8. The van der Waals surface area contributed by atoms with Gasteiger partial charge in [-0.1, -0.05) is 36.5 Å². The van der Waals surface area contributed by atoms with Gasteiger partial charge in [0.2, 0.25) is 5.91 Å². The number of nitrogens with zero attached hydrogens (tertiary/aromatic N) is 5. The summed E-state index contributed by atoms with van der Waals surface area (Å²) in [6.45, 7) is 7.03. The zero-order valence-corrected chi connectivity index (χ0v) is 23.6. The second-order valence-electron chi connectivity index (χ2n) is 9.86. The van der Waals surface area contributed by atoms with Crippen molar-refractivity contribution in [3.05, 3.63) is 45.7 Å². The van der Waals surface area contributed by atoms with E-state index in [1.165, 1.54) is 6.92 Å². The molecule has 1 aromatic heterocycles. The van der Waals surface area contributed by atoms with Gasteiger partial charge in [0.15, 0.2) is 22.5 Å². The fraction of sp³-hybridized carbons (Fsp3) is 0.500. The van der Waals surface area contributed by atoms with Crippen molar-refractivity contribution in [3.8, 4) is 0 Å². The number of hydrazine groups is 1. The smallest absolute Gasteiger partial charge is 0.292 e. The van der Waals surface area contributed by atoms with Crippen LogP contribution >= 0.6 is 23.2 Å². The number of nitrogen functional groups attached to an aromatic ring is 1. The Balaban J connectivity index is 1.40. The lowest BCUT2D eigenvalue weighted by Crippen LogP contribution is -2.59. The zero-order valence-electron chi connectivity index (χ0n) is 22.1. The van der Waals surface area contributed by atoms with E-state index in [2.05, 4.69) is 37.5 Å². The maximum absolute atomic E-state index is 12.9. The van der Waals surface area contributed by atoms with Crippen molar-refractivity contribution in [2.75, 3.05) is 43.4 Å². The molecule has 0 saturated carbocycles. The molecule has 210 valence electrons. The van der Waals surface area contributed by atoms with Crippen LogP contribution in [0.2, 0.25) is 10.2 Å². The van der Waals surface area contributed by atoms with E-state index in [0.29, 0.717) is 48.6 Å². The molecule has 0 bridgehead atoms. The van der Waals surface area contributed by atoms with Gasteiger partial charge in [-0.3, -0.25) is 30.1 Å². The molecular formula is C26H34Cl2N8O3. The van der Waals surface area contributed by atoms with E-state index in [1.54, 1.807) is 24.3 Å². The van der Waals surface area contributed by atoms with Gasteiger partial charge in [-0.25, -0.2) is 9.97 Å². The van der Waals surface area contributed by atoms with Crippen molar-refractivity contribution in [3.63, 3.8) is 0 Å². The summed E-state index contributed by atoms with van der Waals surface area (Å²) in [6.07, 6.45) is 3.83. The van der Waals surface area contributed by atoms with Gasteiger partial charge in [-0.05, 0) is 43.5 Å². The lowest BCUT2D eigenvalue weighted by Gasteiger charge is -2.48. The lowest BCUT2D eigenvalue weighted by molar-refractivity contribution is -0.119. The Morgan fingerprint density at radius 2 is 1.72 bits per heavy atom. The van der Waals surface area contributed by atoms with Gasteiger partial charge >= 0.3 is 0 Å². The van der Waals surface area contributed by atoms with Crippen molar-refractivity contribution in [1.29, 1.82) is 0 Å². The van der Waals surface area contributed by atoms with E-state index in [0.717, 1.165) is 32.2 Å². The largest absolute Gasteiger partial charge is 0.382 e. The molecule has 0 unspecified atom stereocenters. The number of hydrogen-bond acceptors (Lipinski definition) is 8. The van der Waals surface area contributed by atoms with Crippen molar-refractivity contribution in [1.82, 2.24) is 30.6 Å². The number of nitrogens with one attached hydrogen (secondary N) is 2. The predicted octanol–water partition coefficient (Wildman–Crippen LogP) is 2.74. The molecule has 4 rings (SSSR count). The molecule has 2 aliphatic heterocycles. The molecule has 39 heavy (non-hydrogen) atoms. The van der Waals surface area contributed by atoms with Gasteiger partial charge in [0, 0.05) is 62.3 Å². The fourth-order valence-electron chi connectivity index (χ4n) is 5.30. The lowest BCUT2D eigenvalue weighted by atomic mass is 9.97. The first-order chi connectivity index (χ1) is 18.7. The van der Waals surface area contributed by atoms with Crippen LogP contribution in [-0.4, -0.2) is 82.3 Å². The van der Waals surface area contributed by atoms with Crippen molar-refractivity contribution >= 4 is 52.6 Å². The molecule has 2 saturated heterocycles. The third kappa shape index (κ3) is 6.90. The van der Waals surface area contributed by atoms with Gasteiger partial charge in [0.25, 0.3) is 11.8 Å². The highest BCUT2D eigenvalue weighted by Gasteiger charge is 2.35. The van der Waals surface area contributed by atoms with Crippen molar-refractivity contribution in [2.24, 2.45) is 0 Å². The van der Waals surface area contributed by atoms with Gasteiger partial charge < -0.3 is 15.5 Å². The van der Waals surface area contributed by atoms with Crippen LogP contribution < -0.4 is 21.5 Å². The summed E-state index contributed by atoms with van der Waals surface area (Å²) in [5.74, 6) is -0.714. The number of halogens is 2. The van der Waals surface area contributed by atoms with Crippen LogP contribution in [0, 0.1) is 0 Å². The number of benzene rings is 1. The first-order valence-corrected chi connectivity index (χ1v) is 13.9. The highest BCUT2D eigenvalue weighted by Crippen LogP contribution is 2.30. The van der Waals surface area contributed by atoms with Gasteiger partial charge in [0.05, 0.1) is 0 Å².